The van der Waals surface area contributed by atoms with Crippen LogP contribution in [0, 0.1) is 0 Å². The fourth-order valence-electron chi connectivity index (χ4n) is 1.39. The molecule has 0 saturated heterocycles. The molecule has 0 nitrogen and oxygen atoms in total. The first-order chi connectivity index (χ1) is 7.43. The lowest BCUT2D eigenvalue weighted by Gasteiger charge is -2.11. The van der Waals surface area contributed by atoms with E-state index < -0.39 is 0 Å². The van der Waals surface area contributed by atoms with Crippen LogP contribution in [-0.4, -0.2) is 0 Å². The summed E-state index contributed by atoms with van der Waals surface area (Å²) in [6, 6.07) is 4.10. The molecular weight excluding hydrogens is 600 g/mol. The molecule has 0 amide bonds. The van der Waals surface area contributed by atoms with Crippen LogP contribution in [0.15, 0.2) is 39.0 Å². The molecule has 2 rings (SSSR count). The maximum atomic E-state index is 3.60. The molecule has 0 aromatic heterocycles. The second-order valence-corrected chi connectivity index (χ2v) is 8.01. The fourth-order valence-corrected chi connectivity index (χ4v) is 5.56. The summed E-state index contributed by atoms with van der Waals surface area (Å²) in [5.41, 5.74) is 0. The summed E-state index contributed by atoms with van der Waals surface area (Å²) in [6.45, 7) is 0. The molecule has 6 heteroatoms. The highest BCUT2D eigenvalue weighted by Crippen LogP contribution is 2.46. The number of benzene rings is 2. The van der Waals surface area contributed by atoms with Crippen LogP contribution in [0.2, 0.25) is 0 Å². The molecule has 16 heavy (non-hydrogen) atoms. The average molecular weight is 602 g/mol. The Morgan fingerprint density at radius 2 is 1.19 bits per heavy atom. The maximum absolute atomic E-state index is 3.60. The third-order valence-corrected chi connectivity index (χ3v) is 7.97. The van der Waals surface area contributed by atoms with E-state index in [1.54, 1.807) is 0 Å². The Morgan fingerprint density at radius 1 is 0.625 bits per heavy atom. The smallest absolute Gasteiger partial charge is 0.0477 e. The van der Waals surface area contributed by atoms with Gasteiger partial charge in [0.2, 0.25) is 0 Å². The van der Waals surface area contributed by atoms with Crippen molar-refractivity contribution < 1.29 is 0 Å². The zero-order chi connectivity index (χ0) is 12.0. The Morgan fingerprint density at radius 3 is 1.81 bits per heavy atom. The molecule has 0 fully saturated rings. The minimum absolute atomic E-state index is 0.995. The number of hydrogen-bond acceptors (Lipinski definition) is 0. The summed E-state index contributed by atoms with van der Waals surface area (Å²) in [7, 11) is 0. The van der Waals surface area contributed by atoms with Crippen molar-refractivity contribution in [2.24, 2.45) is 0 Å². The van der Waals surface area contributed by atoms with E-state index in [-0.39, 0.29) is 0 Å². The van der Waals surface area contributed by atoms with Crippen LogP contribution >= 0.6 is 95.6 Å². The SMILES string of the molecule is Brc1cc(Br)c2c(Br)c(Br)c(Br)c(Br)c2c1. The van der Waals surface area contributed by atoms with E-state index in [1.165, 1.54) is 0 Å². The zero-order valence-electron chi connectivity index (χ0n) is 7.42. The first-order valence-corrected chi connectivity index (χ1v) is 8.80. The van der Waals surface area contributed by atoms with E-state index in [0.717, 1.165) is 37.6 Å². The normalized spacial score (nSPS) is 11.1. The Bertz CT molecular complexity index is 590. The molecule has 0 bridgehead atoms. The van der Waals surface area contributed by atoms with Gasteiger partial charge in [-0.05, 0) is 75.9 Å². The monoisotopic (exact) mass is 596 g/mol. The molecule has 0 heterocycles. The van der Waals surface area contributed by atoms with E-state index in [2.05, 4.69) is 102 Å². The van der Waals surface area contributed by atoms with Crippen LogP contribution in [-0.2, 0) is 0 Å². The topological polar surface area (TPSA) is 0 Å². The minimum atomic E-state index is 0.995. The lowest BCUT2D eigenvalue weighted by molar-refractivity contribution is 1.54. The van der Waals surface area contributed by atoms with Gasteiger partial charge in [0, 0.05) is 37.6 Å². The van der Waals surface area contributed by atoms with Crippen molar-refractivity contribution in [2.45, 2.75) is 0 Å². The second kappa shape index (κ2) is 5.29. The summed E-state index contributed by atoms with van der Waals surface area (Å²) in [5, 5.41) is 2.26. The van der Waals surface area contributed by atoms with Crippen LogP contribution in [0.4, 0.5) is 0 Å². The molecule has 0 aliphatic heterocycles. The van der Waals surface area contributed by atoms with E-state index in [1.807, 2.05) is 6.07 Å². The third kappa shape index (κ3) is 2.35. The average Bonchev–Trinajstić information content (AvgIpc) is 2.22. The van der Waals surface area contributed by atoms with Gasteiger partial charge in [0.05, 0.1) is 0 Å². The molecule has 2 aromatic carbocycles. The predicted octanol–water partition coefficient (Wildman–Crippen LogP) is 7.41. The Labute approximate surface area is 143 Å². The Hall–Kier alpha value is 1.58. The summed E-state index contributed by atoms with van der Waals surface area (Å²) < 4.78 is 6.12. The zero-order valence-corrected chi connectivity index (χ0v) is 16.9. The molecule has 0 aliphatic rings. The summed E-state index contributed by atoms with van der Waals surface area (Å²) in [5.74, 6) is 0. The molecule has 2 aromatic rings. The molecule has 0 aliphatic carbocycles. The Kier molecular flexibility index (Phi) is 4.63. The van der Waals surface area contributed by atoms with Crippen molar-refractivity contribution in [3.63, 3.8) is 0 Å². The standard InChI is InChI=1S/C10H2Br6/c11-3-1-4-6(5(12)2-3)8(14)10(16)9(15)7(4)13/h1-2H. The number of hydrogen-bond donors (Lipinski definition) is 0. The van der Waals surface area contributed by atoms with Crippen LogP contribution in [0.25, 0.3) is 10.8 Å². The van der Waals surface area contributed by atoms with Crippen molar-refractivity contribution in [3.8, 4) is 0 Å². The second-order valence-electron chi connectivity index (χ2n) is 3.07. The molecule has 0 spiro atoms. The van der Waals surface area contributed by atoms with Crippen molar-refractivity contribution >= 4 is 106 Å². The van der Waals surface area contributed by atoms with Gasteiger partial charge in [0.25, 0.3) is 0 Å². The van der Waals surface area contributed by atoms with Crippen LogP contribution < -0.4 is 0 Å². The van der Waals surface area contributed by atoms with Crippen LogP contribution in [0.1, 0.15) is 0 Å². The van der Waals surface area contributed by atoms with E-state index in [4.69, 9.17) is 0 Å². The molecule has 0 saturated carbocycles. The van der Waals surface area contributed by atoms with Gasteiger partial charge in [-0.3, -0.25) is 0 Å². The van der Waals surface area contributed by atoms with Crippen molar-refractivity contribution in [2.75, 3.05) is 0 Å². The van der Waals surface area contributed by atoms with Crippen molar-refractivity contribution in [1.29, 1.82) is 0 Å². The van der Waals surface area contributed by atoms with Gasteiger partial charge in [-0.1, -0.05) is 31.9 Å². The summed E-state index contributed by atoms with van der Waals surface area (Å²) >= 11 is 21.4. The highest BCUT2D eigenvalue weighted by atomic mass is 79.9. The van der Waals surface area contributed by atoms with E-state index in [9.17, 15) is 0 Å². The minimum Gasteiger partial charge on any atom is -0.0508 e. The molecule has 84 valence electrons. The summed E-state index contributed by atoms with van der Waals surface area (Å²) in [6.07, 6.45) is 0. The summed E-state index contributed by atoms with van der Waals surface area (Å²) in [4.78, 5) is 0. The van der Waals surface area contributed by atoms with Crippen LogP contribution in [0.5, 0.6) is 0 Å². The van der Waals surface area contributed by atoms with Gasteiger partial charge in [0.15, 0.2) is 0 Å². The predicted molar refractivity (Wildman–Crippen MR) is 90.1 cm³/mol. The fraction of sp³-hybridized carbons (Fsp3) is 0. The van der Waals surface area contributed by atoms with Gasteiger partial charge in [-0.15, -0.1) is 0 Å². The first kappa shape index (κ1) is 14.0. The van der Waals surface area contributed by atoms with Gasteiger partial charge in [0.1, 0.15) is 0 Å². The quantitative estimate of drug-likeness (QED) is 0.218. The number of fused-ring (bicyclic) bond motifs is 1. The maximum Gasteiger partial charge on any atom is 0.0477 e. The molecule has 0 radical (unpaired) electrons. The molecule has 0 atom stereocenters. The third-order valence-electron chi connectivity index (χ3n) is 2.09. The van der Waals surface area contributed by atoms with Crippen molar-refractivity contribution in [1.82, 2.24) is 0 Å². The lowest BCUT2D eigenvalue weighted by Crippen LogP contribution is -1.84. The molecule has 0 unspecified atom stereocenters. The highest BCUT2D eigenvalue weighted by molar-refractivity contribution is 9.15. The number of halogens is 6. The number of rotatable bonds is 0. The van der Waals surface area contributed by atoms with Gasteiger partial charge in [-0.25, -0.2) is 0 Å². The molecule has 0 N–H and O–H groups in total. The van der Waals surface area contributed by atoms with E-state index in [0.29, 0.717) is 0 Å². The lowest BCUT2D eigenvalue weighted by atomic mass is 10.1. The van der Waals surface area contributed by atoms with Gasteiger partial charge in [-0.2, -0.15) is 0 Å². The van der Waals surface area contributed by atoms with Gasteiger partial charge >= 0.3 is 0 Å². The Balaban J connectivity index is 3.08. The largest absolute Gasteiger partial charge is 0.0508 e. The van der Waals surface area contributed by atoms with Crippen LogP contribution in [0.3, 0.4) is 0 Å². The molecular formula is C10H2Br6. The first-order valence-electron chi connectivity index (χ1n) is 4.04. The van der Waals surface area contributed by atoms with E-state index >= 15 is 0 Å². The highest BCUT2D eigenvalue weighted by Gasteiger charge is 2.15. The van der Waals surface area contributed by atoms with Gasteiger partial charge < -0.3 is 0 Å². The van der Waals surface area contributed by atoms with Crippen molar-refractivity contribution in [3.05, 3.63) is 39.0 Å².